The summed E-state index contributed by atoms with van der Waals surface area (Å²) in [7, 11) is 0. The summed E-state index contributed by atoms with van der Waals surface area (Å²) in [6.45, 7) is 0. The van der Waals surface area contributed by atoms with E-state index in [4.69, 9.17) is 0 Å². The van der Waals surface area contributed by atoms with Gasteiger partial charge in [-0.15, -0.1) is 0 Å². The number of amides is 1. The van der Waals surface area contributed by atoms with E-state index in [1.165, 1.54) is 6.08 Å². The van der Waals surface area contributed by atoms with Gasteiger partial charge in [-0.05, 0) is 36.5 Å². The Morgan fingerprint density at radius 1 is 1.11 bits per heavy atom. The van der Waals surface area contributed by atoms with E-state index in [0.717, 1.165) is 31.2 Å². The summed E-state index contributed by atoms with van der Waals surface area (Å²) in [6, 6.07) is 10.2. The molecule has 1 aromatic carbocycles. The Labute approximate surface area is 158 Å². The molecule has 4 rings (SSSR count). The summed E-state index contributed by atoms with van der Waals surface area (Å²) in [5.41, 5.74) is 1.68. The summed E-state index contributed by atoms with van der Waals surface area (Å²) in [5.74, 6) is -0.793. The van der Waals surface area contributed by atoms with Crippen LogP contribution in [0.4, 0.5) is 0 Å². The Kier molecular flexibility index (Phi) is 5.10. The van der Waals surface area contributed by atoms with Gasteiger partial charge in [-0.2, -0.15) is 0 Å². The Morgan fingerprint density at radius 2 is 1.93 bits per heavy atom. The fourth-order valence-corrected chi connectivity index (χ4v) is 4.54. The van der Waals surface area contributed by atoms with Crippen LogP contribution in [0.2, 0.25) is 0 Å². The number of benzene rings is 1. The first-order chi connectivity index (χ1) is 13.2. The van der Waals surface area contributed by atoms with Crippen LogP contribution in [0.1, 0.15) is 42.9 Å². The van der Waals surface area contributed by atoms with E-state index >= 15 is 0 Å². The summed E-state index contributed by atoms with van der Waals surface area (Å²) in [4.78, 5) is 34.1. The van der Waals surface area contributed by atoms with E-state index in [2.05, 4.69) is 15.3 Å². The second-order valence-electron chi connectivity index (χ2n) is 7.34. The van der Waals surface area contributed by atoms with Gasteiger partial charge in [-0.25, -0.2) is 0 Å². The quantitative estimate of drug-likeness (QED) is 0.671. The predicted molar refractivity (Wildman–Crippen MR) is 103 cm³/mol. The molecular weight excluding hydrogens is 338 g/mol. The highest BCUT2D eigenvalue weighted by Crippen LogP contribution is 2.44. The van der Waals surface area contributed by atoms with Gasteiger partial charge in [0.15, 0.2) is 5.78 Å². The van der Waals surface area contributed by atoms with E-state index in [1.807, 2.05) is 30.3 Å². The monoisotopic (exact) mass is 361 g/mol. The minimum Gasteiger partial charge on any atom is -0.352 e. The van der Waals surface area contributed by atoms with Gasteiger partial charge < -0.3 is 5.32 Å². The molecule has 1 saturated heterocycles. The van der Waals surface area contributed by atoms with Crippen LogP contribution >= 0.6 is 0 Å². The molecule has 138 valence electrons. The first-order valence-electron chi connectivity index (χ1n) is 9.57. The molecule has 1 amide bonds. The fraction of sp³-hybridized carbons (Fsp3) is 0.364. The maximum atomic E-state index is 13.0. The number of nitrogens with one attached hydrogen (secondary N) is 1. The van der Waals surface area contributed by atoms with Crippen molar-refractivity contribution in [3.63, 3.8) is 0 Å². The molecule has 2 aromatic rings. The van der Waals surface area contributed by atoms with Crippen molar-refractivity contribution in [1.29, 1.82) is 0 Å². The van der Waals surface area contributed by atoms with Crippen LogP contribution < -0.4 is 5.32 Å². The number of aromatic nitrogens is 2. The summed E-state index contributed by atoms with van der Waals surface area (Å²) in [6.07, 6.45) is 12.2. The molecule has 0 radical (unpaired) electrons. The maximum Gasteiger partial charge on any atom is 0.231 e. The normalized spacial score (nSPS) is 27.8. The second-order valence-corrected chi connectivity index (χ2v) is 7.34. The van der Waals surface area contributed by atoms with Crippen LogP contribution in [-0.2, 0) is 9.59 Å². The van der Waals surface area contributed by atoms with Gasteiger partial charge in [0.2, 0.25) is 5.91 Å². The molecule has 5 heteroatoms. The van der Waals surface area contributed by atoms with Crippen molar-refractivity contribution in [2.75, 3.05) is 0 Å². The molecule has 2 fully saturated rings. The van der Waals surface area contributed by atoms with Crippen molar-refractivity contribution in [3.05, 3.63) is 66.3 Å². The minimum absolute atomic E-state index is 0.0794. The van der Waals surface area contributed by atoms with Crippen molar-refractivity contribution in [1.82, 2.24) is 15.3 Å². The number of nitrogens with zero attached hydrogens (tertiary/aromatic N) is 2. The number of rotatable bonds is 4. The number of fused-ring (bicyclic) bond motifs is 1. The van der Waals surface area contributed by atoms with Gasteiger partial charge in [0.1, 0.15) is 5.92 Å². The average Bonchev–Trinajstić information content (AvgIpc) is 2.72. The third-order valence-corrected chi connectivity index (χ3v) is 5.74. The van der Waals surface area contributed by atoms with Gasteiger partial charge in [0.25, 0.3) is 0 Å². The molecule has 4 unspecified atom stereocenters. The second kappa shape index (κ2) is 7.82. The molecule has 2 aliphatic rings. The first kappa shape index (κ1) is 17.6. The zero-order valence-corrected chi connectivity index (χ0v) is 15.1. The largest absolute Gasteiger partial charge is 0.352 e. The zero-order chi connectivity index (χ0) is 18.6. The molecule has 1 saturated carbocycles. The van der Waals surface area contributed by atoms with E-state index < -0.39 is 5.92 Å². The summed E-state index contributed by atoms with van der Waals surface area (Å²) >= 11 is 0. The molecule has 1 aliphatic heterocycles. The third kappa shape index (κ3) is 3.68. The first-order valence-corrected chi connectivity index (χ1v) is 9.57. The highest BCUT2D eigenvalue weighted by atomic mass is 16.2. The molecule has 1 aromatic heterocycles. The maximum absolute atomic E-state index is 13.0. The number of carbonyl (C=O) groups is 2. The number of piperidine rings is 1. The number of carbonyl (C=O) groups excluding carboxylic acids is 2. The number of hydrogen-bond donors (Lipinski definition) is 1. The van der Waals surface area contributed by atoms with Gasteiger partial charge in [-0.1, -0.05) is 43.2 Å². The average molecular weight is 361 g/mol. The van der Waals surface area contributed by atoms with E-state index in [1.54, 1.807) is 24.7 Å². The van der Waals surface area contributed by atoms with Crippen molar-refractivity contribution < 1.29 is 9.59 Å². The van der Waals surface area contributed by atoms with Crippen molar-refractivity contribution in [2.24, 2.45) is 11.8 Å². The van der Waals surface area contributed by atoms with Crippen LogP contribution in [0.15, 0.2) is 55.0 Å². The standard InChI is InChI=1S/C22H23N3O2/c26-19(11-10-16-14-23-12-13-24-16)21-20(15-6-2-1-3-7-15)17-8-4-5-9-18(17)25-22(21)27/h1-3,6-7,10-14,17-18,20-21H,4-5,8-9H2,(H,25,27)/b11-10+. The molecule has 1 N–H and O–H groups in total. The lowest BCUT2D eigenvalue weighted by molar-refractivity contribution is -0.137. The number of ketones is 1. The van der Waals surface area contributed by atoms with E-state index in [-0.39, 0.29) is 23.7 Å². The molecule has 5 nitrogen and oxygen atoms in total. The van der Waals surface area contributed by atoms with Gasteiger partial charge in [0, 0.05) is 24.4 Å². The van der Waals surface area contributed by atoms with Crippen LogP contribution in [0.3, 0.4) is 0 Å². The van der Waals surface area contributed by atoms with Crippen LogP contribution in [0.5, 0.6) is 0 Å². The van der Waals surface area contributed by atoms with Crippen molar-refractivity contribution in [2.45, 2.75) is 37.6 Å². The van der Waals surface area contributed by atoms with E-state index in [0.29, 0.717) is 11.6 Å². The molecule has 4 atom stereocenters. The zero-order valence-electron chi connectivity index (χ0n) is 15.1. The summed E-state index contributed by atoms with van der Waals surface area (Å²) in [5, 5.41) is 3.13. The molecule has 2 heterocycles. The van der Waals surface area contributed by atoms with Crippen LogP contribution in [-0.4, -0.2) is 27.7 Å². The van der Waals surface area contributed by atoms with Crippen molar-refractivity contribution in [3.8, 4) is 0 Å². The van der Waals surface area contributed by atoms with Gasteiger partial charge >= 0.3 is 0 Å². The van der Waals surface area contributed by atoms with Gasteiger partial charge in [-0.3, -0.25) is 19.6 Å². The fourth-order valence-electron chi connectivity index (χ4n) is 4.54. The number of allylic oxidation sites excluding steroid dienone is 1. The number of hydrogen-bond acceptors (Lipinski definition) is 4. The molecular formula is C22H23N3O2. The molecule has 1 aliphatic carbocycles. The highest BCUT2D eigenvalue weighted by molar-refractivity contribution is 6.09. The van der Waals surface area contributed by atoms with Crippen LogP contribution in [0, 0.1) is 11.8 Å². The van der Waals surface area contributed by atoms with Gasteiger partial charge in [0.05, 0.1) is 11.9 Å². The Hall–Kier alpha value is -2.82. The highest BCUT2D eigenvalue weighted by Gasteiger charge is 2.47. The van der Waals surface area contributed by atoms with E-state index in [9.17, 15) is 9.59 Å². The summed E-state index contributed by atoms with van der Waals surface area (Å²) < 4.78 is 0. The third-order valence-electron chi connectivity index (χ3n) is 5.74. The Bertz CT molecular complexity index is 835. The lowest BCUT2D eigenvalue weighted by Crippen LogP contribution is -2.56. The Balaban J connectivity index is 1.66. The lowest BCUT2D eigenvalue weighted by Gasteiger charge is -2.45. The lowest BCUT2D eigenvalue weighted by atomic mass is 9.65. The smallest absolute Gasteiger partial charge is 0.231 e. The Morgan fingerprint density at radius 3 is 2.70 bits per heavy atom. The SMILES string of the molecule is O=C(/C=C/c1cnccn1)C1C(=O)NC2CCCCC2C1c1ccccc1. The van der Waals surface area contributed by atoms with Crippen molar-refractivity contribution >= 4 is 17.8 Å². The molecule has 0 bridgehead atoms. The minimum atomic E-state index is -0.695. The molecule has 0 spiro atoms. The topological polar surface area (TPSA) is 72.0 Å². The van der Waals surface area contributed by atoms with Crippen LogP contribution in [0.25, 0.3) is 6.08 Å². The molecule has 27 heavy (non-hydrogen) atoms. The predicted octanol–water partition coefficient (Wildman–Crippen LogP) is 3.15.